The van der Waals surface area contributed by atoms with Crippen molar-refractivity contribution in [2.75, 3.05) is 19.6 Å². The van der Waals surface area contributed by atoms with Gasteiger partial charge in [-0.3, -0.25) is 29.6 Å². The van der Waals surface area contributed by atoms with Gasteiger partial charge in [0.15, 0.2) is 0 Å². The van der Waals surface area contributed by atoms with Crippen molar-refractivity contribution in [1.82, 2.24) is 20.5 Å². The minimum absolute atomic E-state index is 0. The summed E-state index contributed by atoms with van der Waals surface area (Å²) in [5.41, 5.74) is 1.19. The second-order valence-electron chi connectivity index (χ2n) is 6.40. The highest BCUT2D eigenvalue weighted by atomic mass is 19.1. The fourth-order valence-electron chi connectivity index (χ4n) is 3.10. The Morgan fingerprint density at radius 1 is 1.46 bits per heavy atom. The first-order valence-electron chi connectivity index (χ1n) is 8.69. The molecule has 1 fully saturated rings. The number of hydrogen-bond acceptors (Lipinski definition) is 5. The molecule has 8 heteroatoms. The number of carbonyl (C=O) groups excluding carboxylic acids is 3. The molecule has 0 radical (unpaired) electrons. The van der Waals surface area contributed by atoms with Gasteiger partial charge in [-0.2, -0.15) is 0 Å². The van der Waals surface area contributed by atoms with Gasteiger partial charge in [0.1, 0.15) is 17.6 Å². The molecule has 0 aliphatic carbocycles. The molecule has 3 rings (SSSR count). The van der Waals surface area contributed by atoms with Gasteiger partial charge in [-0.05, 0) is 25.0 Å². The maximum atomic E-state index is 14.5. The first-order chi connectivity index (χ1) is 12.5. The number of halogens is 1. The zero-order chi connectivity index (χ0) is 18.7. The number of hydrogen-bond donors (Lipinski definition) is 2. The molecule has 2 N–H and O–H groups in total. The fourth-order valence-corrected chi connectivity index (χ4v) is 3.10. The summed E-state index contributed by atoms with van der Waals surface area (Å²) in [6.07, 6.45) is 4.45. The Hall–Kier alpha value is -2.61. The lowest BCUT2D eigenvalue weighted by molar-refractivity contribution is -0.134. The van der Waals surface area contributed by atoms with Crippen LogP contribution in [0.4, 0.5) is 4.39 Å². The lowest BCUT2D eigenvalue weighted by atomic mass is 10.00. The highest BCUT2D eigenvalue weighted by Gasteiger charge is 2.28. The maximum absolute atomic E-state index is 14.5. The normalized spacial score (nSPS) is 21.2. The van der Waals surface area contributed by atoms with Crippen molar-refractivity contribution in [1.29, 1.82) is 0 Å². The molecule has 0 bridgehead atoms. The Morgan fingerprint density at radius 2 is 2.27 bits per heavy atom. The number of amides is 3. The number of piperidine rings is 1. The summed E-state index contributed by atoms with van der Waals surface area (Å²) in [6, 6.07) is 0.273. The van der Waals surface area contributed by atoms with Crippen LogP contribution < -0.4 is 10.6 Å². The van der Waals surface area contributed by atoms with E-state index in [0.29, 0.717) is 5.56 Å². The Balaban J connectivity index is 0.00000196. The van der Waals surface area contributed by atoms with Crippen LogP contribution in [0.3, 0.4) is 0 Å². The van der Waals surface area contributed by atoms with E-state index in [-0.39, 0.29) is 27.3 Å². The quantitative estimate of drug-likeness (QED) is 0.787. The number of nitrogens with zero attached hydrogens (tertiary/aromatic N) is 2. The largest absolute Gasteiger partial charge is 0.339 e. The molecule has 3 amide bonds. The average molecular weight is 364 g/mol. The van der Waals surface area contributed by atoms with Gasteiger partial charge in [-0.25, -0.2) is 4.39 Å². The fraction of sp³-hybridized carbons (Fsp3) is 0.444. The molecule has 0 saturated carbocycles. The Bertz CT molecular complexity index is 788. The zero-order valence-electron chi connectivity index (χ0n) is 14.5. The molecule has 0 aromatic carbocycles. The Labute approximate surface area is 153 Å². The average Bonchev–Trinajstić information content (AvgIpc) is 2.64. The van der Waals surface area contributed by atoms with Gasteiger partial charge < -0.3 is 5.32 Å². The number of likely N-dealkylation sites (N-methyl/N-ethyl adjacent to an activating group) is 1. The Morgan fingerprint density at radius 3 is 2.88 bits per heavy atom. The molecule has 1 unspecified atom stereocenters. The second-order valence-corrected chi connectivity index (χ2v) is 6.40. The molecule has 142 valence electrons. The van der Waals surface area contributed by atoms with Crippen LogP contribution in [-0.2, 0) is 9.59 Å². The minimum atomic E-state index is -0.814. The van der Waals surface area contributed by atoms with Gasteiger partial charge in [0.25, 0.3) is 5.91 Å². The van der Waals surface area contributed by atoms with Crippen LogP contribution in [0.1, 0.15) is 45.1 Å². The summed E-state index contributed by atoms with van der Waals surface area (Å²) in [5.74, 6) is -2.07. The third-order valence-corrected chi connectivity index (χ3v) is 4.72. The maximum Gasteiger partial charge on any atom is 0.270 e. The van der Waals surface area contributed by atoms with E-state index in [9.17, 15) is 18.8 Å². The second kappa shape index (κ2) is 7.74. The van der Waals surface area contributed by atoms with Crippen LogP contribution in [0.25, 0.3) is 5.57 Å². The Kier molecular flexibility index (Phi) is 5.41. The summed E-state index contributed by atoms with van der Waals surface area (Å²) in [4.78, 5) is 41.4. The third kappa shape index (κ3) is 3.96. The summed E-state index contributed by atoms with van der Waals surface area (Å²) in [6.45, 7) is 4.66. The van der Waals surface area contributed by atoms with E-state index in [1.165, 1.54) is 6.20 Å². The molecule has 0 spiro atoms. The van der Waals surface area contributed by atoms with Crippen molar-refractivity contribution in [3.63, 3.8) is 0 Å². The van der Waals surface area contributed by atoms with Crippen molar-refractivity contribution >= 4 is 23.3 Å². The molecule has 1 aromatic rings. The van der Waals surface area contributed by atoms with Crippen LogP contribution in [-0.4, -0.2) is 53.3 Å². The summed E-state index contributed by atoms with van der Waals surface area (Å²) in [5, 5.41) is 4.65. The molecule has 3 heterocycles. The van der Waals surface area contributed by atoms with Crippen LogP contribution in [0, 0.1) is 5.82 Å². The number of nitrogens with one attached hydrogen (secondary N) is 2. The van der Waals surface area contributed by atoms with Gasteiger partial charge in [0.05, 0.1) is 0 Å². The molecule has 26 heavy (non-hydrogen) atoms. The van der Waals surface area contributed by atoms with E-state index >= 15 is 0 Å². The van der Waals surface area contributed by atoms with Gasteiger partial charge in [-0.1, -0.05) is 13.0 Å². The number of aromatic nitrogens is 1. The van der Waals surface area contributed by atoms with Crippen LogP contribution in [0.5, 0.6) is 0 Å². The molecule has 2 aliphatic heterocycles. The minimum Gasteiger partial charge on any atom is -0.339 e. The van der Waals surface area contributed by atoms with Crippen LogP contribution >= 0.6 is 0 Å². The van der Waals surface area contributed by atoms with E-state index in [1.807, 2.05) is 6.08 Å². The van der Waals surface area contributed by atoms with E-state index in [0.717, 1.165) is 37.7 Å². The van der Waals surface area contributed by atoms with E-state index < -0.39 is 23.7 Å². The number of imide groups is 1. The van der Waals surface area contributed by atoms with E-state index in [2.05, 4.69) is 27.4 Å². The lowest BCUT2D eigenvalue weighted by Gasteiger charge is -2.25. The molecule has 2 aliphatic rings. The molecule has 7 nitrogen and oxygen atoms in total. The van der Waals surface area contributed by atoms with Crippen LogP contribution in [0.2, 0.25) is 0 Å². The van der Waals surface area contributed by atoms with Crippen molar-refractivity contribution in [3.05, 3.63) is 35.4 Å². The zero-order valence-corrected chi connectivity index (χ0v) is 14.5. The predicted octanol–water partition coefficient (Wildman–Crippen LogP) is 1.36. The first-order valence-corrected chi connectivity index (χ1v) is 8.69. The van der Waals surface area contributed by atoms with Crippen molar-refractivity contribution < 1.29 is 21.6 Å². The molecule has 1 aromatic heterocycles. The van der Waals surface area contributed by atoms with E-state index in [4.69, 9.17) is 0 Å². The van der Waals surface area contributed by atoms with Crippen molar-refractivity contribution in [3.8, 4) is 0 Å². The summed E-state index contributed by atoms with van der Waals surface area (Å²) in [7, 11) is 0. The third-order valence-electron chi connectivity index (χ3n) is 4.72. The van der Waals surface area contributed by atoms with Gasteiger partial charge in [0.2, 0.25) is 11.8 Å². The number of carbonyl (C=O) groups is 3. The van der Waals surface area contributed by atoms with Crippen molar-refractivity contribution in [2.45, 2.75) is 32.2 Å². The highest BCUT2D eigenvalue weighted by Crippen LogP contribution is 2.24. The lowest BCUT2D eigenvalue weighted by Crippen LogP contribution is -2.52. The predicted molar refractivity (Wildman–Crippen MR) is 96.8 cm³/mol. The summed E-state index contributed by atoms with van der Waals surface area (Å²) < 4.78 is 14.5. The molecule has 1 atom stereocenters. The van der Waals surface area contributed by atoms with Crippen molar-refractivity contribution in [2.24, 2.45) is 0 Å². The standard InChI is InChI=1S/C18H21FN4O3.2H2/c1-2-23-7-5-11(6-8-23)12-10-20-15(9-13(12)19)18(26)21-14-3-4-16(24)22-17(14)25;;/h5,9-10,14H,2-4,6-8H2,1H3,(H,21,26)(H,22,24,25);2*1H. The van der Waals surface area contributed by atoms with Gasteiger partial charge >= 0.3 is 0 Å². The molecule has 1 saturated heterocycles. The summed E-state index contributed by atoms with van der Waals surface area (Å²) >= 11 is 0. The first kappa shape index (κ1) is 18.2. The SMILES string of the molecule is CCN1CC=C(c2cnc(C(=O)NC3CCC(=O)NC3=O)cc2F)CC1.[HH].[HH]. The number of pyridine rings is 1. The molecular formula is C18H25FN4O3. The highest BCUT2D eigenvalue weighted by molar-refractivity contribution is 6.03. The smallest absolute Gasteiger partial charge is 0.270 e. The van der Waals surface area contributed by atoms with Gasteiger partial charge in [-0.15, -0.1) is 0 Å². The monoisotopic (exact) mass is 364 g/mol. The van der Waals surface area contributed by atoms with Crippen LogP contribution in [0.15, 0.2) is 18.3 Å². The molecular weight excluding hydrogens is 339 g/mol. The van der Waals surface area contributed by atoms with E-state index in [1.54, 1.807) is 0 Å². The topological polar surface area (TPSA) is 91.4 Å². The van der Waals surface area contributed by atoms with Gasteiger partial charge in [0, 0.05) is 40.2 Å². The number of rotatable bonds is 4.